The van der Waals surface area contributed by atoms with Crippen LogP contribution >= 0.6 is 7.67 Å². The molecule has 0 radical (unpaired) electrons. The van der Waals surface area contributed by atoms with Crippen LogP contribution in [0.15, 0.2) is 34.5 Å². The number of nitrogens with one attached hydrogen (secondary N) is 2. The van der Waals surface area contributed by atoms with Crippen molar-refractivity contribution in [1.82, 2.24) is 15.2 Å². The zero-order chi connectivity index (χ0) is 30.5. The molecule has 0 bridgehead atoms. The monoisotopic (exact) mass is 597 g/mol. The minimum atomic E-state index is -4.33. The van der Waals surface area contributed by atoms with E-state index in [1.54, 1.807) is 26.8 Å². The van der Waals surface area contributed by atoms with Gasteiger partial charge in [-0.1, -0.05) is 19.1 Å². The zero-order valence-electron chi connectivity index (χ0n) is 23.2. The first-order valence-corrected chi connectivity index (χ1v) is 14.6. The van der Waals surface area contributed by atoms with E-state index in [2.05, 4.69) is 26.8 Å². The number of aliphatic hydroxyl groups is 2. The maximum atomic E-state index is 13.9. The highest BCUT2D eigenvalue weighted by molar-refractivity contribution is 7.54. The zero-order valence-corrected chi connectivity index (χ0v) is 24.1. The Morgan fingerprint density at radius 3 is 2.61 bits per heavy atom. The van der Waals surface area contributed by atoms with Gasteiger partial charge in [-0.05, 0) is 20.8 Å². The normalized spacial score (nSPS) is 31.6. The van der Waals surface area contributed by atoms with E-state index in [0.717, 1.165) is 6.08 Å². The second-order valence-electron chi connectivity index (χ2n) is 9.49. The Hall–Kier alpha value is -3.16. The fourth-order valence-corrected chi connectivity index (χ4v) is 6.55. The van der Waals surface area contributed by atoms with Crippen molar-refractivity contribution in [2.45, 2.75) is 69.7 Å². The van der Waals surface area contributed by atoms with E-state index in [4.69, 9.17) is 24.5 Å². The molecule has 0 saturated carbocycles. The largest absolute Gasteiger partial charge is 0.465 e. The molecule has 6 N–H and O–H groups in total. The van der Waals surface area contributed by atoms with Gasteiger partial charge in [0.2, 0.25) is 5.60 Å². The minimum Gasteiger partial charge on any atom is -0.465 e. The Morgan fingerprint density at radius 1 is 1.34 bits per heavy atom. The summed E-state index contributed by atoms with van der Waals surface area (Å²) in [5.41, 5.74) is 4.36. The van der Waals surface area contributed by atoms with Crippen LogP contribution in [-0.2, 0) is 32.9 Å². The predicted molar refractivity (Wildman–Crippen MR) is 145 cm³/mol. The molecule has 1 fully saturated rings. The first-order chi connectivity index (χ1) is 19.4. The molecule has 1 saturated heterocycles. The molecule has 3 unspecified atom stereocenters. The lowest BCUT2D eigenvalue weighted by atomic mass is 9.82. The van der Waals surface area contributed by atoms with Crippen LogP contribution in [0.3, 0.4) is 0 Å². The SMILES string of the molecule is C=C[C@H](NP(=O)(N[C@@H](C)C(=O)OCC)OC[C@H]1O[C@@](C#N)(C2C(C)C=C3C(N)=NC=NN32)[C@H](O)[C@@H]1O)C(=O)OCC. The standard InChI is InChI=1S/C24H36N7O9P/c1-6-15(23(35)38-8-3)30-41(36,29-14(5)22(34)37-7-2)39-10-17-18(32)20(33)24(11-25,40-17)19-13(4)9-16-21(26)27-12-28-31(16)19/h6,9,12-15,17-20,32-33H,1,7-8,10H2,2-5H3,(H2,26,27,28)(H2,29,30,36)/t13?,14-,15-,17+,18+,19?,20+,24-,41?/m0/s1. The number of hydrogen-bond donors (Lipinski definition) is 5. The van der Waals surface area contributed by atoms with Gasteiger partial charge in [-0.25, -0.2) is 20.0 Å². The van der Waals surface area contributed by atoms with Gasteiger partial charge in [-0.15, -0.1) is 6.58 Å². The van der Waals surface area contributed by atoms with Crippen molar-refractivity contribution in [2.24, 2.45) is 21.7 Å². The topological polar surface area (TPSA) is 230 Å². The highest BCUT2D eigenvalue weighted by atomic mass is 31.2. The van der Waals surface area contributed by atoms with Crippen LogP contribution < -0.4 is 15.9 Å². The number of fused-ring (bicyclic) bond motifs is 1. The lowest BCUT2D eigenvalue weighted by Gasteiger charge is -2.38. The summed E-state index contributed by atoms with van der Waals surface area (Å²) in [4.78, 5) is 28.5. The third kappa shape index (κ3) is 6.52. The van der Waals surface area contributed by atoms with Gasteiger partial charge in [-0.2, -0.15) is 10.4 Å². The van der Waals surface area contributed by atoms with Crippen LogP contribution in [0.25, 0.3) is 0 Å². The van der Waals surface area contributed by atoms with Crippen molar-refractivity contribution >= 4 is 31.8 Å². The highest BCUT2D eigenvalue weighted by Crippen LogP contribution is 2.46. The molecule has 0 aliphatic carbocycles. The molecule has 0 amide bonds. The van der Waals surface area contributed by atoms with E-state index in [0.29, 0.717) is 5.70 Å². The van der Waals surface area contributed by atoms with Gasteiger partial charge in [0.05, 0.1) is 25.5 Å². The third-order valence-corrected chi connectivity index (χ3v) is 8.54. The summed E-state index contributed by atoms with van der Waals surface area (Å²) < 4.78 is 35.4. The number of carbonyl (C=O) groups excluding carboxylic acids is 2. The number of hydrazone groups is 1. The third-order valence-electron chi connectivity index (χ3n) is 6.68. The smallest absolute Gasteiger partial charge is 0.342 e. The number of amidine groups is 1. The number of esters is 2. The van der Waals surface area contributed by atoms with Crippen molar-refractivity contribution in [3.8, 4) is 6.07 Å². The summed E-state index contributed by atoms with van der Waals surface area (Å²) in [6.07, 6.45) is -0.734. The Bertz CT molecular complexity index is 1200. The molecule has 3 aliphatic heterocycles. The average molecular weight is 598 g/mol. The number of aliphatic imine (C=N–C) groups is 1. The van der Waals surface area contributed by atoms with Crippen LogP contribution in [-0.4, -0.2) is 101 Å². The number of hydrogen-bond acceptors (Lipinski definition) is 14. The molecule has 17 heteroatoms. The van der Waals surface area contributed by atoms with Crippen molar-refractivity contribution in [2.75, 3.05) is 19.8 Å². The molecular weight excluding hydrogens is 561 g/mol. The molecule has 3 heterocycles. The van der Waals surface area contributed by atoms with Gasteiger partial charge in [-0.3, -0.25) is 14.4 Å². The number of rotatable bonds is 13. The lowest BCUT2D eigenvalue weighted by Crippen LogP contribution is -2.58. The Balaban J connectivity index is 1.84. The van der Waals surface area contributed by atoms with Crippen molar-refractivity contribution in [3.63, 3.8) is 0 Å². The second kappa shape index (κ2) is 13.2. The summed E-state index contributed by atoms with van der Waals surface area (Å²) in [5, 5.41) is 42.8. The molecule has 16 nitrogen and oxygen atoms in total. The summed E-state index contributed by atoms with van der Waals surface area (Å²) in [6, 6.07) is -1.40. The second-order valence-corrected chi connectivity index (χ2v) is 11.4. The number of nitriles is 1. The van der Waals surface area contributed by atoms with Crippen LogP contribution in [0.2, 0.25) is 0 Å². The van der Waals surface area contributed by atoms with Gasteiger partial charge in [0, 0.05) is 5.92 Å². The molecule has 226 valence electrons. The number of ether oxygens (including phenoxy) is 3. The summed E-state index contributed by atoms with van der Waals surface area (Å²) >= 11 is 0. The molecule has 0 spiro atoms. The van der Waals surface area contributed by atoms with Crippen LogP contribution in [0.5, 0.6) is 0 Å². The van der Waals surface area contributed by atoms with E-state index < -0.39 is 74.2 Å². The first kappa shape index (κ1) is 32.4. The summed E-state index contributed by atoms with van der Waals surface area (Å²) in [7, 11) is -4.33. The Morgan fingerprint density at radius 2 is 2.00 bits per heavy atom. The average Bonchev–Trinajstić information content (AvgIpc) is 3.40. The summed E-state index contributed by atoms with van der Waals surface area (Å²) in [5.74, 6) is -1.82. The molecule has 3 rings (SSSR count). The Kier molecular flexibility index (Phi) is 10.4. The van der Waals surface area contributed by atoms with E-state index >= 15 is 0 Å². The molecule has 9 atom stereocenters. The Labute approximate surface area is 237 Å². The first-order valence-electron chi connectivity index (χ1n) is 13.0. The van der Waals surface area contributed by atoms with Gasteiger partial charge in [0.1, 0.15) is 48.8 Å². The maximum absolute atomic E-state index is 13.9. The molecule has 0 aromatic rings. The number of carbonyl (C=O) groups is 2. The molecule has 3 aliphatic rings. The van der Waals surface area contributed by atoms with Crippen LogP contribution in [0, 0.1) is 17.2 Å². The quantitative estimate of drug-likeness (QED) is 0.100. The van der Waals surface area contributed by atoms with Crippen molar-refractivity contribution in [3.05, 3.63) is 24.4 Å². The maximum Gasteiger partial charge on any atom is 0.342 e. The van der Waals surface area contributed by atoms with Gasteiger partial charge < -0.3 is 34.7 Å². The van der Waals surface area contributed by atoms with Crippen molar-refractivity contribution in [1.29, 1.82) is 5.26 Å². The number of aliphatic hydroxyl groups excluding tert-OH is 2. The fraction of sp³-hybridized carbons (Fsp3) is 0.625. The molecule has 41 heavy (non-hydrogen) atoms. The molecule has 0 aromatic heterocycles. The highest BCUT2D eigenvalue weighted by Gasteiger charge is 2.63. The minimum absolute atomic E-state index is 0.0354. The fourth-order valence-electron chi connectivity index (χ4n) is 4.77. The van der Waals surface area contributed by atoms with Gasteiger partial charge in [0.15, 0.2) is 5.84 Å². The van der Waals surface area contributed by atoms with Gasteiger partial charge in [0.25, 0.3) is 0 Å². The van der Waals surface area contributed by atoms with E-state index in [1.165, 1.54) is 18.3 Å². The van der Waals surface area contributed by atoms with Crippen LogP contribution in [0.4, 0.5) is 0 Å². The molecular formula is C24H36N7O9P. The van der Waals surface area contributed by atoms with Gasteiger partial charge >= 0.3 is 19.6 Å². The summed E-state index contributed by atoms with van der Waals surface area (Å²) in [6.45, 7) is 9.30. The number of nitrogens with two attached hydrogens (primary N) is 1. The predicted octanol–water partition coefficient (Wildman–Crippen LogP) is -0.739. The van der Waals surface area contributed by atoms with E-state index in [-0.39, 0.29) is 19.0 Å². The van der Waals surface area contributed by atoms with Crippen LogP contribution in [0.1, 0.15) is 27.7 Å². The lowest BCUT2D eigenvalue weighted by molar-refractivity contribution is -0.144. The van der Waals surface area contributed by atoms with Crippen molar-refractivity contribution < 1.29 is 43.1 Å². The number of nitrogens with zero attached hydrogens (tertiary/aromatic N) is 4. The molecule has 0 aromatic carbocycles. The van der Waals surface area contributed by atoms with E-state index in [9.17, 15) is 29.6 Å². The van der Waals surface area contributed by atoms with E-state index in [1.807, 2.05) is 6.07 Å².